The van der Waals surface area contributed by atoms with Crippen LogP contribution in [0, 0.1) is 13.8 Å². The predicted octanol–water partition coefficient (Wildman–Crippen LogP) is 3.37. The van der Waals surface area contributed by atoms with Crippen LogP contribution in [0.15, 0.2) is 47.7 Å². The molecular formula is C24H26N2O6. The van der Waals surface area contributed by atoms with Crippen molar-refractivity contribution < 1.29 is 28.6 Å². The fourth-order valence-corrected chi connectivity index (χ4v) is 3.51. The molecule has 8 heteroatoms. The normalized spacial score (nSPS) is 15.5. The van der Waals surface area contributed by atoms with E-state index in [0.717, 1.165) is 16.7 Å². The van der Waals surface area contributed by atoms with E-state index in [1.165, 1.54) is 7.11 Å². The molecule has 1 aliphatic rings. The van der Waals surface area contributed by atoms with Crippen LogP contribution in [0.1, 0.15) is 40.0 Å². The molecule has 1 heterocycles. The molecule has 0 radical (unpaired) electrons. The Balaban J connectivity index is 2.02. The van der Waals surface area contributed by atoms with E-state index in [9.17, 15) is 14.4 Å². The maximum absolute atomic E-state index is 12.9. The molecule has 0 saturated heterocycles. The molecule has 8 nitrogen and oxygen atoms in total. The zero-order chi connectivity index (χ0) is 23.3. The summed E-state index contributed by atoms with van der Waals surface area (Å²) in [6.07, 6.45) is 0.704. The Kier molecular flexibility index (Phi) is 7.14. The van der Waals surface area contributed by atoms with Gasteiger partial charge in [0.05, 0.1) is 31.0 Å². The molecule has 0 unspecified atom stereocenters. The Hall–Kier alpha value is -3.81. The number of hydrogen-bond acceptors (Lipinski definition) is 6. The van der Waals surface area contributed by atoms with Crippen LogP contribution < -0.4 is 20.1 Å². The summed E-state index contributed by atoms with van der Waals surface area (Å²) in [5.74, 6) is 0.178. The summed E-state index contributed by atoms with van der Waals surface area (Å²) in [5.41, 5.74) is 3.72. The molecule has 0 spiro atoms. The number of ether oxygens (including phenoxy) is 3. The minimum Gasteiger partial charge on any atom is -0.493 e. The van der Waals surface area contributed by atoms with Gasteiger partial charge < -0.3 is 24.8 Å². The third-order valence-electron chi connectivity index (χ3n) is 5.09. The summed E-state index contributed by atoms with van der Waals surface area (Å²) in [6, 6.07) is 9.43. The van der Waals surface area contributed by atoms with Gasteiger partial charge in [-0.1, -0.05) is 23.8 Å². The Labute approximate surface area is 186 Å². The summed E-state index contributed by atoms with van der Waals surface area (Å²) in [5, 5.41) is 5.50. The van der Waals surface area contributed by atoms with Crippen LogP contribution >= 0.6 is 0 Å². The third kappa shape index (κ3) is 4.91. The van der Waals surface area contributed by atoms with E-state index in [0.29, 0.717) is 29.0 Å². The van der Waals surface area contributed by atoms with Gasteiger partial charge in [0.2, 0.25) is 0 Å². The lowest BCUT2D eigenvalue weighted by Crippen LogP contribution is -2.47. The van der Waals surface area contributed by atoms with Crippen LogP contribution in [0.5, 0.6) is 11.5 Å². The van der Waals surface area contributed by atoms with Crippen molar-refractivity contribution in [3.63, 3.8) is 0 Å². The second-order valence-electron chi connectivity index (χ2n) is 7.32. The Morgan fingerprint density at radius 3 is 2.59 bits per heavy atom. The molecule has 0 aliphatic carbocycles. The summed E-state index contributed by atoms with van der Waals surface area (Å²) in [7, 11) is 1.46. The first-order valence-electron chi connectivity index (χ1n) is 10.2. The molecule has 2 aromatic rings. The maximum atomic E-state index is 12.9. The van der Waals surface area contributed by atoms with E-state index in [1.807, 2.05) is 32.0 Å². The number of carbonyl (C=O) groups excluding carboxylic acids is 3. The van der Waals surface area contributed by atoms with Crippen LogP contribution in [-0.4, -0.2) is 38.6 Å². The molecular weight excluding hydrogens is 412 g/mol. The van der Waals surface area contributed by atoms with E-state index in [-0.39, 0.29) is 18.8 Å². The van der Waals surface area contributed by atoms with E-state index in [4.69, 9.17) is 14.2 Å². The van der Waals surface area contributed by atoms with Crippen LogP contribution in [-0.2, 0) is 9.53 Å². The monoisotopic (exact) mass is 438 g/mol. The van der Waals surface area contributed by atoms with Crippen molar-refractivity contribution in [2.75, 3.05) is 20.3 Å². The van der Waals surface area contributed by atoms with Crippen LogP contribution in [0.2, 0.25) is 0 Å². The van der Waals surface area contributed by atoms with Crippen LogP contribution in [0.3, 0.4) is 0 Å². The number of nitrogens with one attached hydrogen (secondary N) is 2. The van der Waals surface area contributed by atoms with Crippen molar-refractivity contribution >= 4 is 18.3 Å². The Morgan fingerprint density at radius 2 is 1.91 bits per heavy atom. The molecule has 2 N–H and O–H groups in total. The highest BCUT2D eigenvalue weighted by molar-refractivity contribution is 5.95. The first-order valence-corrected chi connectivity index (χ1v) is 10.2. The van der Waals surface area contributed by atoms with Gasteiger partial charge in [0.15, 0.2) is 11.5 Å². The number of methoxy groups -OCH3 is 1. The molecule has 168 valence electrons. The summed E-state index contributed by atoms with van der Waals surface area (Å²) in [4.78, 5) is 36.4. The Bertz CT molecular complexity index is 1080. The van der Waals surface area contributed by atoms with Crippen LogP contribution in [0.25, 0.3) is 0 Å². The average Bonchev–Trinajstić information content (AvgIpc) is 2.78. The number of urea groups is 1. The molecule has 0 bridgehead atoms. The molecule has 1 atom stereocenters. The highest BCUT2D eigenvalue weighted by Crippen LogP contribution is 2.32. The quantitative estimate of drug-likeness (QED) is 0.484. The Morgan fingerprint density at radius 1 is 1.12 bits per heavy atom. The minimum atomic E-state index is -0.694. The zero-order valence-corrected chi connectivity index (χ0v) is 18.5. The number of carbonyl (C=O) groups is 3. The number of aldehydes is 1. The smallest absolute Gasteiger partial charge is 0.338 e. The molecule has 0 fully saturated rings. The molecule has 0 saturated carbocycles. The van der Waals surface area contributed by atoms with Gasteiger partial charge in [-0.25, -0.2) is 9.59 Å². The summed E-state index contributed by atoms with van der Waals surface area (Å²) >= 11 is 0. The molecule has 1 aliphatic heterocycles. The van der Waals surface area contributed by atoms with Crippen molar-refractivity contribution in [3.8, 4) is 11.5 Å². The number of amides is 2. The SMILES string of the molecule is CCOC(=O)C1=C(COc2ccc(C=O)cc2OC)NC(=O)N[C@H]1c1cc(C)ccc1C. The minimum absolute atomic E-state index is 0.111. The van der Waals surface area contributed by atoms with E-state index in [1.54, 1.807) is 25.1 Å². The number of benzene rings is 2. The van der Waals surface area contributed by atoms with E-state index in [2.05, 4.69) is 10.6 Å². The van der Waals surface area contributed by atoms with Crippen molar-refractivity contribution in [2.45, 2.75) is 26.8 Å². The van der Waals surface area contributed by atoms with Gasteiger partial charge in [-0.15, -0.1) is 0 Å². The van der Waals surface area contributed by atoms with Gasteiger partial charge in [-0.3, -0.25) is 4.79 Å². The largest absolute Gasteiger partial charge is 0.493 e. The molecule has 2 amide bonds. The fraction of sp³-hybridized carbons (Fsp3) is 0.292. The van der Waals surface area contributed by atoms with Crippen molar-refractivity contribution in [2.24, 2.45) is 0 Å². The van der Waals surface area contributed by atoms with Crippen molar-refractivity contribution in [3.05, 3.63) is 69.9 Å². The highest BCUT2D eigenvalue weighted by Gasteiger charge is 2.34. The lowest BCUT2D eigenvalue weighted by Gasteiger charge is -2.30. The summed E-state index contributed by atoms with van der Waals surface area (Å²) < 4.78 is 16.4. The number of hydrogen-bond donors (Lipinski definition) is 2. The van der Waals surface area contributed by atoms with Crippen LogP contribution in [0.4, 0.5) is 4.79 Å². The second-order valence-corrected chi connectivity index (χ2v) is 7.32. The molecule has 2 aromatic carbocycles. The third-order valence-corrected chi connectivity index (χ3v) is 5.09. The van der Waals surface area contributed by atoms with Crippen molar-refractivity contribution in [1.29, 1.82) is 0 Å². The number of esters is 1. The van der Waals surface area contributed by atoms with Gasteiger partial charge in [-0.05, 0) is 50.1 Å². The summed E-state index contributed by atoms with van der Waals surface area (Å²) in [6.45, 7) is 5.65. The fourth-order valence-electron chi connectivity index (χ4n) is 3.51. The van der Waals surface area contributed by atoms with E-state index >= 15 is 0 Å². The first-order chi connectivity index (χ1) is 15.4. The van der Waals surface area contributed by atoms with Gasteiger partial charge in [-0.2, -0.15) is 0 Å². The second kappa shape index (κ2) is 10.00. The average molecular weight is 438 g/mol. The molecule has 3 rings (SSSR count). The van der Waals surface area contributed by atoms with E-state index < -0.39 is 18.0 Å². The lowest BCUT2D eigenvalue weighted by atomic mass is 9.91. The standard InChI is InChI=1S/C24H26N2O6/c1-5-31-23(28)21-18(13-32-19-9-8-16(12-27)11-20(19)30-4)25-24(29)26-22(21)17-10-14(2)6-7-15(17)3/h6-12,22H,5,13H2,1-4H3,(H2,25,26,29)/t22-/m0/s1. The highest BCUT2D eigenvalue weighted by atomic mass is 16.5. The number of aryl methyl sites for hydroxylation is 2. The van der Waals surface area contributed by atoms with Gasteiger partial charge in [0.1, 0.15) is 12.9 Å². The lowest BCUT2D eigenvalue weighted by molar-refractivity contribution is -0.139. The molecule has 32 heavy (non-hydrogen) atoms. The number of rotatable bonds is 8. The van der Waals surface area contributed by atoms with Gasteiger partial charge >= 0.3 is 12.0 Å². The van der Waals surface area contributed by atoms with Gasteiger partial charge in [0.25, 0.3) is 0 Å². The topological polar surface area (TPSA) is 103 Å². The zero-order valence-electron chi connectivity index (χ0n) is 18.5. The first kappa shape index (κ1) is 22.9. The maximum Gasteiger partial charge on any atom is 0.338 e. The van der Waals surface area contributed by atoms with Gasteiger partial charge in [0, 0.05) is 5.56 Å². The van der Waals surface area contributed by atoms with Crippen molar-refractivity contribution in [1.82, 2.24) is 10.6 Å². The molecule has 0 aromatic heterocycles. The predicted molar refractivity (Wildman–Crippen MR) is 118 cm³/mol.